The summed E-state index contributed by atoms with van der Waals surface area (Å²) in [5.74, 6) is 2.82. The number of hydrogen-bond donors (Lipinski definition) is 1. The van der Waals surface area contributed by atoms with Gasteiger partial charge >= 0.3 is 0 Å². The molecular weight excluding hydrogens is 314 g/mol. The van der Waals surface area contributed by atoms with Gasteiger partial charge in [-0.2, -0.15) is 0 Å². The third-order valence-corrected chi connectivity index (χ3v) is 8.51. The van der Waals surface area contributed by atoms with Gasteiger partial charge in [-0.25, -0.2) is 13.1 Å². The molecule has 0 radical (unpaired) electrons. The number of sulfonamides is 1. The Morgan fingerprint density at radius 1 is 1.05 bits per heavy atom. The molecule has 0 aliphatic heterocycles. The molecule has 4 bridgehead atoms. The van der Waals surface area contributed by atoms with E-state index in [1.54, 1.807) is 12.1 Å². The van der Waals surface area contributed by atoms with Gasteiger partial charge in [-0.1, -0.05) is 11.6 Å². The summed E-state index contributed by atoms with van der Waals surface area (Å²) < 4.78 is 28.8. The van der Waals surface area contributed by atoms with Crippen molar-refractivity contribution in [3.63, 3.8) is 0 Å². The van der Waals surface area contributed by atoms with Gasteiger partial charge in [-0.15, -0.1) is 11.3 Å². The summed E-state index contributed by atoms with van der Waals surface area (Å²) in [6.07, 6.45) is 6.24. The first-order chi connectivity index (χ1) is 9.51. The minimum absolute atomic E-state index is 0.147. The maximum absolute atomic E-state index is 12.5. The van der Waals surface area contributed by atoms with E-state index in [0.29, 0.717) is 20.4 Å². The molecule has 4 saturated carbocycles. The molecule has 6 heteroatoms. The average molecular weight is 332 g/mol. The SMILES string of the molecule is O=S(=O)(NC1C2CC3CC(C2)CC1C3)c1ccc(Cl)s1. The third kappa shape index (κ3) is 2.23. The van der Waals surface area contributed by atoms with E-state index in [2.05, 4.69) is 4.72 Å². The minimum Gasteiger partial charge on any atom is -0.207 e. The summed E-state index contributed by atoms with van der Waals surface area (Å²) in [6.45, 7) is 0. The fraction of sp³-hybridized carbons (Fsp3) is 0.714. The number of rotatable bonds is 3. The van der Waals surface area contributed by atoms with Gasteiger partial charge in [-0.3, -0.25) is 0 Å². The maximum atomic E-state index is 12.5. The zero-order valence-electron chi connectivity index (χ0n) is 11.1. The van der Waals surface area contributed by atoms with E-state index >= 15 is 0 Å². The Labute approximate surface area is 128 Å². The lowest BCUT2D eigenvalue weighted by molar-refractivity contribution is -0.00556. The fourth-order valence-corrected chi connectivity index (χ4v) is 7.67. The molecule has 0 amide bonds. The zero-order valence-corrected chi connectivity index (χ0v) is 13.5. The highest BCUT2D eigenvalue weighted by molar-refractivity contribution is 7.91. The highest BCUT2D eigenvalue weighted by Crippen LogP contribution is 2.54. The molecule has 0 unspecified atom stereocenters. The summed E-state index contributed by atoms with van der Waals surface area (Å²) in [5, 5.41) is 0. The normalized spacial score (nSPS) is 39.4. The molecule has 1 aromatic rings. The molecule has 1 N–H and O–H groups in total. The molecule has 1 aromatic heterocycles. The van der Waals surface area contributed by atoms with Gasteiger partial charge in [0.05, 0.1) is 4.34 Å². The van der Waals surface area contributed by atoms with E-state index in [9.17, 15) is 8.42 Å². The molecule has 3 nitrogen and oxygen atoms in total. The van der Waals surface area contributed by atoms with E-state index in [-0.39, 0.29) is 6.04 Å². The molecule has 20 heavy (non-hydrogen) atoms. The number of hydrogen-bond acceptors (Lipinski definition) is 3. The van der Waals surface area contributed by atoms with E-state index in [4.69, 9.17) is 11.6 Å². The van der Waals surface area contributed by atoms with Crippen molar-refractivity contribution in [1.82, 2.24) is 4.72 Å². The summed E-state index contributed by atoms with van der Waals surface area (Å²) >= 11 is 6.99. The lowest BCUT2D eigenvalue weighted by atomic mass is 9.54. The van der Waals surface area contributed by atoms with Gasteiger partial charge in [0, 0.05) is 6.04 Å². The van der Waals surface area contributed by atoms with Gasteiger partial charge in [-0.05, 0) is 67.9 Å². The van der Waals surface area contributed by atoms with Crippen LogP contribution in [0.1, 0.15) is 32.1 Å². The molecule has 4 fully saturated rings. The Bertz CT molecular complexity index is 597. The van der Waals surface area contributed by atoms with Crippen LogP contribution in [-0.4, -0.2) is 14.5 Å². The Kier molecular flexibility index (Phi) is 3.18. The third-order valence-electron chi connectivity index (χ3n) is 5.33. The van der Waals surface area contributed by atoms with Crippen LogP contribution in [0.25, 0.3) is 0 Å². The summed E-state index contributed by atoms with van der Waals surface area (Å²) in [4.78, 5) is 0. The minimum atomic E-state index is -3.40. The quantitative estimate of drug-likeness (QED) is 0.921. The van der Waals surface area contributed by atoms with Crippen LogP contribution in [0, 0.1) is 23.7 Å². The van der Waals surface area contributed by atoms with Crippen molar-refractivity contribution in [2.75, 3.05) is 0 Å². The summed E-state index contributed by atoms with van der Waals surface area (Å²) in [5.41, 5.74) is 0. The molecule has 0 aromatic carbocycles. The van der Waals surface area contributed by atoms with Crippen LogP contribution in [-0.2, 0) is 10.0 Å². The monoisotopic (exact) mass is 331 g/mol. The van der Waals surface area contributed by atoms with Crippen LogP contribution in [0.4, 0.5) is 0 Å². The smallest absolute Gasteiger partial charge is 0.207 e. The molecule has 4 aliphatic carbocycles. The van der Waals surface area contributed by atoms with E-state index < -0.39 is 10.0 Å². The lowest BCUT2D eigenvalue weighted by Gasteiger charge is -2.54. The van der Waals surface area contributed by atoms with Crippen LogP contribution in [0.2, 0.25) is 4.34 Å². The average Bonchev–Trinajstić information content (AvgIpc) is 2.80. The van der Waals surface area contributed by atoms with Crippen molar-refractivity contribution in [1.29, 1.82) is 0 Å². The highest BCUT2D eigenvalue weighted by atomic mass is 35.5. The van der Waals surface area contributed by atoms with E-state index in [0.717, 1.165) is 23.2 Å². The highest BCUT2D eigenvalue weighted by Gasteiger charge is 2.49. The largest absolute Gasteiger partial charge is 0.250 e. The molecule has 110 valence electrons. The second-order valence-corrected chi connectivity index (χ2v) is 10.3. The predicted molar refractivity (Wildman–Crippen MR) is 80.5 cm³/mol. The lowest BCUT2D eigenvalue weighted by Crippen LogP contribution is -2.55. The van der Waals surface area contributed by atoms with Gasteiger partial charge < -0.3 is 0 Å². The van der Waals surface area contributed by atoms with Crippen molar-refractivity contribution in [3.05, 3.63) is 16.5 Å². The zero-order chi connectivity index (χ0) is 13.9. The van der Waals surface area contributed by atoms with Crippen LogP contribution < -0.4 is 4.72 Å². The molecule has 5 rings (SSSR count). The van der Waals surface area contributed by atoms with E-state index in [1.807, 2.05) is 0 Å². The Morgan fingerprint density at radius 2 is 1.65 bits per heavy atom. The molecule has 1 heterocycles. The second-order valence-electron chi connectivity index (χ2n) is 6.64. The van der Waals surface area contributed by atoms with Gasteiger partial charge in [0.2, 0.25) is 10.0 Å². The maximum Gasteiger partial charge on any atom is 0.250 e. The van der Waals surface area contributed by atoms with Gasteiger partial charge in [0.25, 0.3) is 0 Å². The number of nitrogens with one attached hydrogen (secondary N) is 1. The predicted octanol–water partition coefficient (Wildman–Crippen LogP) is 3.50. The molecular formula is C14H18ClNO2S2. The first-order valence-electron chi connectivity index (χ1n) is 7.29. The van der Waals surface area contributed by atoms with Crippen LogP contribution in [0.3, 0.4) is 0 Å². The summed E-state index contributed by atoms with van der Waals surface area (Å²) in [6, 6.07) is 3.40. The molecule has 0 spiro atoms. The topological polar surface area (TPSA) is 46.2 Å². The van der Waals surface area contributed by atoms with Crippen LogP contribution in [0.5, 0.6) is 0 Å². The van der Waals surface area contributed by atoms with Crippen molar-refractivity contribution in [2.24, 2.45) is 23.7 Å². The summed E-state index contributed by atoms with van der Waals surface area (Å²) in [7, 11) is -3.40. The Morgan fingerprint density at radius 3 is 2.15 bits per heavy atom. The molecule has 0 atom stereocenters. The van der Waals surface area contributed by atoms with Crippen LogP contribution in [0.15, 0.2) is 16.3 Å². The first-order valence-corrected chi connectivity index (χ1v) is 9.96. The van der Waals surface area contributed by atoms with Crippen molar-refractivity contribution < 1.29 is 8.42 Å². The standard InChI is InChI=1S/C14H18ClNO2S2/c15-12-1-2-13(19-12)20(17,18)16-14-10-4-8-3-9(6-10)7-11(14)5-8/h1-2,8-11,14,16H,3-7H2. The van der Waals surface area contributed by atoms with Gasteiger partial charge in [0.15, 0.2) is 0 Å². The van der Waals surface area contributed by atoms with Crippen molar-refractivity contribution in [2.45, 2.75) is 42.4 Å². The van der Waals surface area contributed by atoms with Crippen molar-refractivity contribution >= 4 is 33.0 Å². The first kappa shape index (κ1) is 13.6. The Balaban J connectivity index is 1.57. The fourth-order valence-electron chi connectivity index (χ4n) is 4.80. The number of halogens is 1. The Hall–Kier alpha value is -0.100. The second kappa shape index (κ2) is 4.70. The van der Waals surface area contributed by atoms with Gasteiger partial charge in [0.1, 0.15) is 4.21 Å². The molecule has 0 saturated heterocycles. The molecule has 4 aliphatic rings. The number of thiophene rings is 1. The van der Waals surface area contributed by atoms with Crippen molar-refractivity contribution in [3.8, 4) is 0 Å². The van der Waals surface area contributed by atoms with E-state index in [1.165, 1.54) is 32.1 Å². The van der Waals surface area contributed by atoms with Crippen LogP contribution >= 0.6 is 22.9 Å².